The van der Waals surface area contributed by atoms with Crippen molar-refractivity contribution < 1.29 is 9.53 Å². The van der Waals surface area contributed by atoms with Crippen molar-refractivity contribution >= 4 is 5.91 Å². The van der Waals surface area contributed by atoms with Gasteiger partial charge in [0, 0.05) is 5.56 Å². The lowest BCUT2D eigenvalue weighted by molar-refractivity contribution is -0.119. The molecule has 2 aromatic carbocycles. The van der Waals surface area contributed by atoms with Crippen molar-refractivity contribution in [1.29, 1.82) is 0 Å². The number of nitrogens with one attached hydrogen (secondary N) is 1. The van der Waals surface area contributed by atoms with E-state index in [9.17, 15) is 4.79 Å². The summed E-state index contributed by atoms with van der Waals surface area (Å²) in [5, 5.41) is 2.58. The Morgan fingerprint density at radius 3 is 2.38 bits per heavy atom. The third-order valence-corrected chi connectivity index (χ3v) is 2.63. The molecule has 0 heterocycles. The maximum atomic E-state index is 10.9. The van der Waals surface area contributed by atoms with E-state index in [0.717, 1.165) is 17.1 Å². The second-order valence-electron chi connectivity index (χ2n) is 4.22. The average Bonchev–Trinajstić information content (AvgIpc) is 2.54. The molecule has 0 radical (unpaired) electrons. The first-order chi connectivity index (χ1) is 10.3. The van der Waals surface area contributed by atoms with Crippen LogP contribution in [0.5, 0.6) is 11.5 Å². The highest BCUT2D eigenvalue weighted by Gasteiger charge is 1.96. The second-order valence-corrected chi connectivity index (χ2v) is 4.22. The predicted molar refractivity (Wildman–Crippen MR) is 81.9 cm³/mol. The molecule has 0 saturated heterocycles. The molecule has 2 rings (SSSR count). The predicted octanol–water partition coefficient (Wildman–Crippen LogP) is 1.91. The summed E-state index contributed by atoms with van der Waals surface area (Å²) in [4.78, 5) is 10.9. The molecule has 0 aliphatic heterocycles. The number of rotatable bonds is 4. The van der Waals surface area contributed by atoms with Gasteiger partial charge in [-0.05, 0) is 36.4 Å². The van der Waals surface area contributed by atoms with Crippen molar-refractivity contribution in [3.05, 3.63) is 60.2 Å². The normalized spacial score (nSPS) is 9.38. The molecule has 0 aromatic heterocycles. The minimum atomic E-state index is -0.212. The fraction of sp³-hybridized carbons (Fsp3) is 0.118. The fourth-order valence-corrected chi connectivity index (χ4v) is 1.59. The molecular formula is C17H16N2O2. The van der Waals surface area contributed by atoms with Crippen LogP contribution in [0.25, 0.3) is 0 Å². The van der Waals surface area contributed by atoms with Crippen molar-refractivity contribution in [3.8, 4) is 23.3 Å². The lowest BCUT2D eigenvalue weighted by atomic mass is 10.2. The molecule has 3 N–H and O–H groups in total. The Morgan fingerprint density at radius 2 is 1.71 bits per heavy atom. The summed E-state index contributed by atoms with van der Waals surface area (Å²) in [7, 11) is 0. The van der Waals surface area contributed by atoms with E-state index in [2.05, 4.69) is 17.2 Å². The monoisotopic (exact) mass is 280 g/mol. The average molecular weight is 280 g/mol. The summed E-state index contributed by atoms with van der Waals surface area (Å²) in [6.45, 7) is 0.269. The molecule has 2 aromatic rings. The van der Waals surface area contributed by atoms with Crippen molar-refractivity contribution in [1.82, 2.24) is 5.32 Å². The Morgan fingerprint density at radius 1 is 1.05 bits per heavy atom. The van der Waals surface area contributed by atoms with Crippen LogP contribution in [0.1, 0.15) is 5.56 Å². The quantitative estimate of drug-likeness (QED) is 0.841. The molecule has 0 aliphatic carbocycles. The van der Waals surface area contributed by atoms with Gasteiger partial charge in [0.25, 0.3) is 0 Å². The zero-order chi connectivity index (χ0) is 14.9. The number of nitrogens with two attached hydrogens (primary N) is 1. The van der Waals surface area contributed by atoms with Crippen LogP contribution >= 0.6 is 0 Å². The highest BCUT2D eigenvalue weighted by Crippen LogP contribution is 2.20. The number of benzene rings is 2. The third kappa shape index (κ3) is 5.01. The molecule has 0 spiro atoms. The molecule has 4 nitrogen and oxygen atoms in total. The van der Waals surface area contributed by atoms with Gasteiger partial charge in [-0.1, -0.05) is 30.0 Å². The van der Waals surface area contributed by atoms with Gasteiger partial charge in [-0.3, -0.25) is 4.79 Å². The third-order valence-electron chi connectivity index (χ3n) is 2.63. The van der Waals surface area contributed by atoms with Gasteiger partial charge in [-0.25, -0.2) is 0 Å². The van der Waals surface area contributed by atoms with Crippen LogP contribution in [0.15, 0.2) is 54.6 Å². The molecule has 4 heteroatoms. The summed E-state index contributed by atoms with van der Waals surface area (Å²) in [5.74, 6) is 7.15. The minimum Gasteiger partial charge on any atom is -0.457 e. The molecule has 0 bridgehead atoms. The fourth-order valence-electron chi connectivity index (χ4n) is 1.59. The van der Waals surface area contributed by atoms with Crippen molar-refractivity contribution in [2.75, 3.05) is 13.1 Å². The largest absolute Gasteiger partial charge is 0.457 e. The minimum absolute atomic E-state index is 0.0206. The van der Waals surface area contributed by atoms with Crippen molar-refractivity contribution in [2.24, 2.45) is 5.73 Å². The summed E-state index contributed by atoms with van der Waals surface area (Å²) in [6, 6.07) is 17.0. The van der Waals surface area contributed by atoms with E-state index in [1.54, 1.807) is 0 Å². The van der Waals surface area contributed by atoms with E-state index in [1.807, 2.05) is 54.6 Å². The molecule has 0 aliphatic rings. The van der Waals surface area contributed by atoms with Crippen molar-refractivity contribution in [3.63, 3.8) is 0 Å². The number of carbonyl (C=O) groups excluding carboxylic acids is 1. The molecule has 106 valence electrons. The van der Waals surface area contributed by atoms with Crippen LogP contribution in [0.4, 0.5) is 0 Å². The second kappa shape index (κ2) is 7.73. The Labute approximate surface area is 123 Å². The lowest BCUT2D eigenvalue weighted by Gasteiger charge is -2.04. The maximum absolute atomic E-state index is 10.9. The van der Waals surface area contributed by atoms with Gasteiger partial charge in [-0.2, -0.15) is 0 Å². The van der Waals surface area contributed by atoms with Crippen LogP contribution in [0, 0.1) is 11.8 Å². The van der Waals surface area contributed by atoms with Crippen molar-refractivity contribution in [2.45, 2.75) is 0 Å². The Balaban J connectivity index is 1.90. The molecule has 0 fully saturated rings. The van der Waals surface area contributed by atoms with Gasteiger partial charge in [0.2, 0.25) is 5.91 Å². The smallest absolute Gasteiger partial charge is 0.234 e. The first-order valence-corrected chi connectivity index (χ1v) is 6.56. The van der Waals surface area contributed by atoms with Gasteiger partial charge in [0.15, 0.2) is 0 Å². The Kier molecular flexibility index (Phi) is 5.39. The molecular weight excluding hydrogens is 264 g/mol. The van der Waals surface area contributed by atoms with Crippen LogP contribution in [-0.2, 0) is 4.79 Å². The van der Waals surface area contributed by atoms with Gasteiger partial charge in [0.05, 0.1) is 13.1 Å². The zero-order valence-corrected chi connectivity index (χ0v) is 11.5. The molecule has 21 heavy (non-hydrogen) atoms. The molecule has 1 amide bonds. The maximum Gasteiger partial charge on any atom is 0.234 e. The Bertz CT molecular complexity index is 640. The van der Waals surface area contributed by atoms with Gasteiger partial charge >= 0.3 is 0 Å². The van der Waals surface area contributed by atoms with Crippen LogP contribution in [0.2, 0.25) is 0 Å². The Hall–Kier alpha value is -2.77. The number of hydrogen-bond acceptors (Lipinski definition) is 3. The van der Waals surface area contributed by atoms with E-state index in [4.69, 9.17) is 10.5 Å². The number of ether oxygens (including phenoxy) is 1. The van der Waals surface area contributed by atoms with E-state index < -0.39 is 0 Å². The topological polar surface area (TPSA) is 64.4 Å². The van der Waals surface area contributed by atoms with Gasteiger partial charge in [0.1, 0.15) is 11.5 Å². The van der Waals surface area contributed by atoms with Crippen LogP contribution in [0.3, 0.4) is 0 Å². The first-order valence-electron chi connectivity index (χ1n) is 6.56. The number of carbonyl (C=O) groups is 1. The van der Waals surface area contributed by atoms with Gasteiger partial charge < -0.3 is 15.8 Å². The highest BCUT2D eigenvalue weighted by atomic mass is 16.5. The summed E-state index contributed by atoms with van der Waals surface area (Å²) in [5.41, 5.74) is 6.03. The number of amides is 1. The summed E-state index contributed by atoms with van der Waals surface area (Å²) in [6.07, 6.45) is 0. The first kappa shape index (κ1) is 14.6. The molecule has 0 unspecified atom stereocenters. The number of hydrogen-bond donors (Lipinski definition) is 2. The summed E-state index contributed by atoms with van der Waals surface area (Å²) >= 11 is 0. The van der Waals surface area contributed by atoms with E-state index >= 15 is 0 Å². The standard InChI is InChI=1S/C17H16N2O2/c18-13-17(20)19-12-4-5-14-8-10-16(11-9-14)21-15-6-2-1-3-7-15/h1-3,6-11H,12-13,18H2,(H,19,20). The highest BCUT2D eigenvalue weighted by molar-refractivity contribution is 5.77. The van der Waals surface area contributed by atoms with E-state index in [0.29, 0.717) is 0 Å². The number of para-hydroxylation sites is 1. The SMILES string of the molecule is NCC(=O)NCC#Cc1ccc(Oc2ccccc2)cc1. The van der Waals surface area contributed by atoms with Gasteiger partial charge in [-0.15, -0.1) is 0 Å². The summed E-state index contributed by atoms with van der Waals surface area (Å²) < 4.78 is 5.69. The molecule has 0 saturated carbocycles. The zero-order valence-electron chi connectivity index (χ0n) is 11.5. The van der Waals surface area contributed by atoms with Crippen LogP contribution in [-0.4, -0.2) is 19.0 Å². The van der Waals surface area contributed by atoms with E-state index in [-0.39, 0.29) is 19.0 Å². The van der Waals surface area contributed by atoms with E-state index in [1.165, 1.54) is 0 Å². The lowest BCUT2D eigenvalue weighted by Crippen LogP contribution is -2.30. The molecule has 0 atom stereocenters. The van der Waals surface area contributed by atoms with Crippen LogP contribution < -0.4 is 15.8 Å².